The topological polar surface area (TPSA) is 103 Å². The molecular formula is C14H21N5O3. The minimum absolute atomic E-state index is 0.00883. The molecular weight excluding hydrogens is 286 g/mol. The van der Waals surface area contributed by atoms with Gasteiger partial charge in [-0.05, 0) is 32.6 Å². The molecule has 0 radical (unpaired) electrons. The van der Waals surface area contributed by atoms with Gasteiger partial charge in [0.25, 0.3) is 11.8 Å². The largest absolute Gasteiger partial charge is 0.365 e. The molecule has 0 aromatic carbocycles. The lowest BCUT2D eigenvalue weighted by Gasteiger charge is -2.37. The predicted molar refractivity (Wildman–Crippen MR) is 77.0 cm³/mol. The fourth-order valence-electron chi connectivity index (χ4n) is 3.20. The van der Waals surface area contributed by atoms with E-state index in [-0.39, 0.29) is 17.8 Å². The highest BCUT2D eigenvalue weighted by atomic mass is 16.5. The number of amides is 2. The molecule has 1 aromatic heterocycles. The van der Waals surface area contributed by atoms with Crippen LogP contribution >= 0.6 is 0 Å². The summed E-state index contributed by atoms with van der Waals surface area (Å²) in [6.45, 7) is 3.79. The summed E-state index contributed by atoms with van der Waals surface area (Å²) in [5.74, 6) is -0.589. The Bertz CT molecular complexity index is 579. The summed E-state index contributed by atoms with van der Waals surface area (Å²) < 4.78 is 7.28. The van der Waals surface area contributed by atoms with Gasteiger partial charge in [-0.3, -0.25) is 9.59 Å². The number of nitrogens with two attached hydrogens (primary N) is 1. The molecule has 0 bridgehead atoms. The average Bonchev–Trinajstić information content (AvgIpc) is 3.16. The number of carbonyl (C=O) groups is 2. The van der Waals surface area contributed by atoms with E-state index >= 15 is 0 Å². The third kappa shape index (κ3) is 2.70. The number of ether oxygens (including phenoxy) is 1. The third-order valence-electron chi connectivity index (χ3n) is 4.46. The highest BCUT2D eigenvalue weighted by molar-refractivity contribution is 5.88. The number of aromatic nitrogens is 3. The van der Waals surface area contributed by atoms with Crippen molar-refractivity contribution in [2.24, 2.45) is 5.73 Å². The fourth-order valence-corrected chi connectivity index (χ4v) is 3.20. The van der Waals surface area contributed by atoms with Crippen LogP contribution in [0.5, 0.6) is 0 Å². The molecule has 8 heteroatoms. The van der Waals surface area contributed by atoms with Gasteiger partial charge in [0.05, 0.1) is 6.04 Å². The van der Waals surface area contributed by atoms with Gasteiger partial charge in [-0.2, -0.15) is 0 Å². The molecule has 0 saturated carbocycles. The molecule has 2 amide bonds. The first-order valence-electron chi connectivity index (χ1n) is 7.64. The van der Waals surface area contributed by atoms with Gasteiger partial charge in [0, 0.05) is 19.7 Å². The Kier molecular flexibility index (Phi) is 3.86. The summed E-state index contributed by atoms with van der Waals surface area (Å²) in [6.07, 6.45) is 4.97. The van der Waals surface area contributed by atoms with Crippen LogP contribution in [-0.4, -0.2) is 56.8 Å². The summed E-state index contributed by atoms with van der Waals surface area (Å²) in [7, 11) is 0. The Morgan fingerprint density at radius 3 is 2.91 bits per heavy atom. The second kappa shape index (κ2) is 5.68. The van der Waals surface area contributed by atoms with Crippen LogP contribution in [0.3, 0.4) is 0 Å². The number of hydrogen-bond acceptors (Lipinski definition) is 5. The molecule has 2 fully saturated rings. The number of carbonyl (C=O) groups excluding carboxylic acids is 2. The zero-order chi connectivity index (χ0) is 15.7. The maximum absolute atomic E-state index is 12.7. The van der Waals surface area contributed by atoms with Crippen molar-refractivity contribution in [2.75, 3.05) is 19.7 Å². The van der Waals surface area contributed by atoms with Gasteiger partial charge in [-0.1, -0.05) is 0 Å². The van der Waals surface area contributed by atoms with E-state index in [4.69, 9.17) is 10.5 Å². The molecule has 2 aliphatic rings. The Labute approximate surface area is 128 Å². The zero-order valence-electron chi connectivity index (χ0n) is 12.7. The van der Waals surface area contributed by atoms with E-state index in [9.17, 15) is 9.59 Å². The van der Waals surface area contributed by atoms with Gasteiger partial charge in [0.1, 0.15) is 11.9 Å². The maximum atomic E-state index is 12.7. The number of piperidine rings is 1. The molecule has 2 N–H and O–H groups in total. The van der Waals surface area contributed by atoms with Crippen LogP contribution < -0.4 is 5.73 Å². The first-order valence-corrected chi connectivity index (χ1v) is 7.64. The average molecular weight is 307 g/mol. The predicted octanol–water partition coefficient (Wildman–Crippen LogP) is 0.110. The Morgan fingerprint density at radius 1 is 1.45 bits per heavy atom. The van der Waals surface area contributed by atoms with E-state index in [0.717, 1.165) is 32.2 Å². The summed E-state index contributed by atoms with van der Waals surface area (Å²) in [5, 5.41) is 4.10. The third-order valence-corrected chi connectivity index (χ3v) is 4.46. The SMILES string of the molecule is C[C@@]1(C(=O)N2CCC[C@H](n3cnc(C(N)=O)n3)C2)CCCO1. The highest BCUT2D eigenvalue weighted by Gasteiger charge is 2.42. The molecule has 1 aromatic rings. The van der Waals surface area contributed by atoms with Gasteiger partial charge >= 0.3 is 0 Å². The van der Waals surface area contributed by atoms with Crippen LogP contribution in [-0.2, 0) is 9.53 Å². The summed E-state index contributed by atoms with van der Waals surface area (Å²) in [5.41, 5.74) is 4.48. The number of hydrogen-bond donors (Lipinski definition) is 1. The summed E-state index contributed by atoms with van der Waals surface area (Å²) in [6, 6.07) is 0.0169. The quantitative estimate of drug-likeness (QED) is 0.853. The van der Waals surface area contributed by atoms with Crippen molar-refractivity contribution in [1.82, 2.24) is 19.7 Å². The van der Waals surface area contributed by atoms with Crippen molar-refractivity contribution in [1.29, 1.82) is 0 Å². The van der Waals surface area contributed by atoms with Gasteiger partial charge in [-0.25, -0.2) is 9.67 Å². The summed E-state index contributed by atoms with van der Waals surface area (Å²) in [4.78, 5) is 29.5. The fraction of sp³-hybridized carbons (Fsp3) is 0.714. The van der Waals surface area contributed by atoms with Gasteiger partial charge < -0.3 is 15.4 Å². The van der Waals surface area contributed by atoms with Crippen molar-refractivity contribution in [3.05, 3.63) is 12.2 Å². The lowest BCUT2D eigenvalue weighted by molar-refractivity contribution is -0.152. The van der Waals surface area contributed by atoms with Crippen molar-refractivity contribution in [3.63, 3.8) is 0 Å². The minimum Gasteiger partial charge on any atom is -0.365 e. The van der Waals surface area contributed by atoms with E-state index in [1.165, 1.54) is 6.33 Å². The number of likely N-dealkylation sites (tertiary alicyclic amines) is 1. The second-order valence-electron chi connectivity index (χ2n) is 6.14. The van der Waals surface area contributed by atoms with E-state index in [1.54, 1.807) is 4.68 Å². The molecule has 2 saturated heterocycles. The normalized spacial score (nSPS) is 28.8. The number of primary amides is 1. The minimum atomic E-state index is -0.692. The monoisotopic (exact) mass is 307 g/mol. The standard InChI is InChI=1S/C14H21N5O3/c1-14(5-3-7-22-14)13(21)18-6-2-4-10(8-18)19-9-16-12(17-19)11(15)20/h9-10H,2-8H2,1H3,(H2,15,20)/t10-,14-/m0/s1. The molecule has 120 valence electrons. The van der Waals surface area contributed by atoms with E-state index in [1.807, 2.05) is 11.8 Å². The first kappa shape index (κ1) is 15.0. The molecule has 3 heterocycles. The first-order chi connectivity index (χ1) is 10.5. The molecule has 0 aliphatic carbocycles. The van der Waals surface area contributed by atoms with E-state index in [0.29, 0.717) is 13.2 Å². The zero-order valence-corrected chi connectivity index (χ0v) is 12.7. The molecule has 3 rings (SSSR count). The van der Waals surface area contributed by atoms with Crippen LogP contribution in [0.15, 0.2) is 6.33 Å². The van der Waals surface area contributed by atoms with Crippen molar-refractivity contribution in [2.45, 2.75) is 44.2 Å². The van der Waals surface area contributed by atoms with Crippen LogP contribution in [0.4, 0.5) is 0 Å². The Morgan fingerprint density at radius 2 is 2.27 bits per heavy atom. The van der Waals surface area contributed by atoms with Crippen molar-refractivity contribution < 1.29 is 14.3 Å². The van der Waals surface area contributed by atoms with E-state index < -0.39 is 11.5 Å². The number of nitrogens with zero attached hydrogens (tertiary/aromatic N) is 4. The van der Waals surface area contributed by atoms with Gasteiger partial charge in [0.2, 0.25) is 5.82 Å². The van der Waals surface area contributed by atoms with E-state index in [2.05, 4.69) is 10.1 Å². The van der Waals surface area contributed by atoms with Crippen molar-refractivity contribution >= 4 is 11.8 Å². The van der Waals surface area contributed by atoms with Gasteiger partial charge in [-0.15, -0.1) is 5.10 Å². The molecule has 0 spiro atoms. The summed E-state index contributed by atoms with van der Waals surface area (Å²) >= 11 is 0. The lowest BCUT2D eigenvalue weighted by Crippen LogP contribution is -2.50. The molecule has 8 nitrogen and oxygen atoms in total. The highest BCUT2D eigenvalue weighted by Crippen LogP contribution is 2.30. The van der Waals surface area contributed by atoms with Crippen LogP contribution in [0.2, 0.25) is 0 Å². The maximum Gasteiger partial charge on any atom is 0.288 e. The second-order valence-corrected chi connectivity index (χ2v) is 6.14. The Hall–Kier alpha value is -1.96. The lowest BCUT2D eigenvalue weighted by atomic mass is 9.98. The van der Waals surface area contributed by atoms with Crippen LogP contribution in [0.25, 0.3) is 0 Å². The van der Waals surface area contributed by atoms with Crippen LogP contribution in [0, 0.1) is 0 Å². The molecule has 0 unspecified atom stereocenters. The van der Waals surface area contributed by atoms with Gasteiger partial charge in [0.15, 0.2) is 0 Å². The van der Waals surface area contributed by atoms with Crippen LogP contribution in [0.1, 0.15) is 49.3 Å². The Balaban J connectivity index is 1.71. The molecule has 2 atom stereocenters. The van der Waals surface area contributed by atoms with Crippen molar-refractivity contribution in [3.8, 4) is 0 Å². The number of rotatable bonds is 3. The molecule has 2 aliphatic heterocycles. The molecule has 22 heavy (non-hydrogen) atoms. The smallest absolute Gasteiger partial charge is 0.288 e.